The first-order valence-corrected chi connectivity index (χ1v) is 3.59. The van der Waals surface area contributed by atoms with Crippen molar-refractivity contribution in [1.29, 1.82) is 0 Å². The summed E-state index contributed by atoms with van der Waals surface area (Å²) >= 11 is 5.72. The zero-order chi connectivity index (χ0) is 8.59. The van der Waals surface area contributed by atoms with Crippen LogP contribution in [0.2, 0.25) is 5.02 Å². The molecule has 0 unspecified atom stereocenters. The van der Waals surface area contributed by atoms with E-state index in [9.17, 15) is 10.2 Å². The van der Waals surface area contributed by atoms with Crippen molar-refractivity contribution in [3.8, 4) is 11.5 Å². The molecule has 1 aromatic rings. The van der Waals surface area contributed by atoms with E-state index in [4.69, 9.17) is 11.6 Å². The Morgan fingerprint density at radius 2 is 1.73 bits per heavy atom. The molecule has 0 saturated heterocycles. The first-order valence-electron chi connectivity index (χ1n) is 3.21. The van der Waals surface area contributed by atoms with E-state index in [1.54, 1.807) is 19.9 Å². The van der Waals surface area contributed by atoms with E-state index in [0.29, 0.717) is 16.1 Å². The molecule has 60 valence electrons. The summed E-state index contributed by atoms with van der Waals surface area (Å²) < 4.78 is 0. The van der Waals surface area contributed by atoms with Gasteiger partial charge in [-0.15, -0.1) is 0 Å². The van der Waals surface area contributed by atoms with Crippen LogP contribution in [0.5, 0.6) is 11.5 Å². The minimum Gasteiger partial charge on any atom is -0.504 e. The van der Waals surface area contributed by atoms with Gasteiger partial charge in [-0.1, -0.05) is 11.6 Å². The van der Waals surface area contributed by atoms with E-state index >= 15 is 0 Å². The number of phenols is 2. The van der Waals surface area contributed by atoms with Crippen LogP contribution >= 0.6 is 11.6 Å². The number of aryl methyl sites for hydroxylation is 1. The predicted octanol–water partition coefficient (Wildman–Crippen LogP) is 2.37. The van der Waals surface area contributed by atoms with E-state index in [1.165, 1.54) is 0 Å². The monoisotopic (exact) mass is 172 g/mol. The van der Waals surface area contributed by atoms with Crippen LogP contribution in [0, 0.1) is 13.8 Å². The Hall–Kier alpha value is -0.890. The quantitative estimate of drug-likeness (QED) is 0.590. The first-order chi connectivity index (χ1) is 5.04. The van der Waals surface area contributed by atoms with Crippen molar-refractivity contribution in [2.24, 2.45) is 0 Å². The number of benzene rings is 1. The molecule has 1 aromatic carbocycles. The molecule has 2 N–H and O–H groups in total. The third-order valence-corrected chi connectivity index (χ3v) is 2.05. The van der Waals surface area contributed by atoms with Gasteiger partial charge in [-0.05, 0) is 25.5 Å². The molecule has 0 aliphatic carbocycles. The molecule has 0 heterocycles. The van der Waals surface area contributed by atoms with Crippen LogP contribution in [0.15, 0.2) is 6.07 Å². The van der Waals surface area contributed by atoms with Gasteiger partial charge in [0.25, 0.3) is 0 Å². The summed E-state index contributed by atoms with van der Waals surface area (Å²) in [6, 6.07) is 1.62. The van der Waals surface area contributed by atoms with Crippen molar-refractivity contribution in [3.63, 3.8) is 0 Å². The minimum absolute atomic E-state index is 0.0908. The second-order valence-corrected chi connectivity index (χ2v) is 2.90. The third-order valence-electron chi connectivity index (χ3n) is 1.65. The van der Waals surface area contributed by atoms with Gasteiger partial charge >= 0.3 is 0 Å². The van der Waals surface area contributed by atoms with Gasteiger partial charge in [-0.2, -0.15) is 0 Å². The first kappa shape index (κ1) is 8.21. The Kier molecular flexibility index (Phi) is 1.96. The highest BCUT2D eigenvalue weighted by molar-refractivity contribution is 6.31. The molecule has 0 spiro atoms. The summed E-state index contributed by atoms with van der Waals surface area (Å²) in [6.45, 7) is 3.33. The van der Waals surface area contributed by atoms with Crippen LogP contribution < -0.4 is 0 Å². The lowest BCUT2D eigenvalue weighted by Crippen LogP contribution is -1.81. The minimum atomic E-state index is -0.130. The summed E-state index contributed by atoms with van der Waals surface area (Å²) in [4.78, 5) is 0. The van der Waals surface area contributed by atoms with Crippen molar-refractivity contribution in [2.75, 3.05) is 0 Å². The van der Waals surface area contributed by atoms with Crippen LogP contribution in [0.3, 0.4) is 0 Å². The lowest BCUT2D eigenvalue weighted by atomic mass is 10.1. The van der Waals surface area contributed by atoms with E-state index in [0.717, 1.165) is 0 Å². The van der Waals surface area contributed by atoms with E-state index in [1.807, 2.05) is 0 Å². The van der Waals surface area contributed by atoms with E-state index in [2.05, 4.69) is 0 Å². The standard InChI is InChI=1S/C8H9ClO2/c1-4-3-6(9)5(2)8(11)7(4)10/h3,10-11H,1-2H3. The summed E-state index contributed by atoms with van der Waals surface area (Å²) in [5.74, 6) is -0.220. The molecule has 0 aliphatic heterocycles. The Balaban J connectivity index is 3.46. The number of halogens is 1. The maximum atomic E-state index is 9.23. The summed E-state index contributed by atoms with van der Waals surface area (Å²) in [5, 5.41) is 18.9. The fraction of sp³-hybridized carbons (Fsp3) is 0.250. The molecule has 2 nitrogen and oxygen atoms in total. The topological polar surface area (TPSA) is 40.5 Å². The van der Waals surface area contributed by atoms with Gasteiger partial charge in [0.05, 0.1) is 0 Å². The zero-order valence-electron chi connectivity index (χ0n) is 6.35. The fourth-order valence-electron chi connectivity index (χ4n) is 0.844. The molecule has 0 radical (unpaired) electrons. The molecule has 0 aliphatic rings. The highest BCUT2D eigenvalue weighted by Crippen LogP contribution is 2.36. The van der Waals surface area contributed by atoms with Gasteiger partial charge in [0, 0.05) is 10.6 Å². The zero-order valence-corrected chi connectivity index (χ0v) is 7.11. The maximum Gasteiger partial charge on any atom is 0.162 e. The Morgan fingerprint density at radius 3 is 2.27 bits per heavy atom. The normalized spacial score (nSPS) is 10.1. The molecular formula is C8H9ClO2. The molecule has 1 rings (SSSR count). The summed E-state index contributed by atoms with van der Waals surface area (Å²) in [7, 11) is 0. The molecule has 3 heteroatoms. The predicted molar refractivity (Wildman–Crippen MR) is 44.3 cm³/mol. The van der Waals surface area contributed by atoms with Gasteiger partial charge in [-0.3, -0.25) is 0 Å². The van der Waals surface area contributed by atoms with Crippen LogP contribution in [0.25, 0.3) is 0 Å². The number of rotatable bonds is 0. The lowest BCUT2D eigenvalue weighted by molar-refractivity contribution is 0.398. The molecule has 11 heavy (non-hydrogen) atoms. The Morgan fingerprint density at radius 1 is 1.18 bits per heavy atom. The molecule has 0 aromatic heterocycles. The van der Waals surface area contributed by atoms with Crippen LogP contribution in [-0.2, 0) is 0 Å². The number of phenolic OH excluding ortho intramolecular Hbond substituents is 2. The van der Waals surface area contributed by atoms with Crippen LogP contribution in [-0.4, -0.2) is 10.2 Å². The second-order valence-electron chi connectivity index (χ2n) is 2.50. The highest BCUT2D eigenvalue weighted by atomic mass is 35.5. The van der Waals surface area contributed by atoms with Gasteiger partial charge in [-0.25, -0.2) is 0 Å². The molecular weight excluding hydrogens is 164 g/mol. The summed E-state index contributed by atoms with van der Waals surface area (Å²) in [5.41, 5.74) is 1.09. The second kappa shape index (κ2) is 2.62. The van der Waals surface area contributed by atoms with E-state index < -0.39 is 0 Å². The molecule has 0 fully saturated rings. The van der Waals surface area contributed by atoms with Gasteiger partial charge in [0.15, 0.2) is 11.5 Å². The largest absolute Gasteiger partial charge is 0.504 e. The average Bonchev–Trinajstić information content (AvgIpc) is 1.97. The lowest BCUT2D eigenvalue weighted by Gasteiger charge is -2.06. The highest BCUT2D eigenvalue weighted by Gasteiger charge is 2.09. The van der Waals surface area contributed by atoms with Gasteiger partial charge in [0.2, 0.25) is 0 Å². The number of hydrogen-bond donors (Lipinski definition) is 2. The Bertz CT molecular complexity index is 268. The summed E-state index contributed by atoms with van der Waals surface area (Å²) in [6.07, 6.45) is 0. The van der Waals surface area contributed by atoms with Crippen molar-refractivity contribution >= 4 is 11.6 Å². The smallest absolute Gasteiger partial charge is 0.162 e. The molecule has 0 bridgehead atoms. The average molecular weight is 173 g/mol. The third kappa shape index (κ3) is 1.26. The number of aromatic hydroxyl groups is 2. The fourth-order valence-corrected chi connectivity index (χ4v) is 1.10. The van der Waals surface area contributed by atoms with Gasteiger partial charge < -0.3 is 10.2 Å². The molecule has 0 atom stereocenters. The van der Waals surface area contributed by atoms with Gasteiger partial charge in [0.1, 0.15) is 0 Å². The van der Waals surface area contributed by atoms with Crippen molar-refractivity contribution in [1.82, 2.24) is 0 Å². The molecule has 0 saturated carbocycles. The van der Waals surface area contributed by atoms with Crippen molar-refractivity contribution in [2.45, 2.75) is 13.8 Å². The van der Waals surface area contributed by atoms with Crippen LogP contribution in [0.4, 0.5) is 0 Å². The number of hydrogen-bond acceptors (Lipinski definition) is 2. The van der Waals surface area contributed by atoms with Crippen LogP contribution in [0.1, 0.15) is 11.1 Å². The molecule has 0 amide bonds. The van der Waals surface area contributed by atoms with E-state index in [-0.39, 0.29) is 11.5 Å². The maximum absolute atomic E-state index is 9.23. The Labute approximate surface area is 70.1 Å². The van der Waals surface area contributed by atoms with Crippen molar-refractivity contribution in [3.05, 3.63) is 22.2 Å². The SMILES string of the molecule is Cc1cc(Cl)c(C)c(O)c1O. The van der Waals surface area contributed by atoms with Crippen molar-refractivity contribution < 1.29 is 10.2 Å².